The number of hydrogen-bond acceptors (Lipinski definition) is 2. The Morgan fingerprint density at radius 3 is 2.62 bits per heavy atom. The first kappa shape index (κ1) is 16.4. The average molecular weight is 288 g/mol. The van der Waals surface area contributed by atoms with Gasteiger partial charge in [-0.1, -0.05) is 52.8 Å². The fourth-order valence-corrected chi connectivity index (χ4v) is 3.07. The number of nitrogens with zero attached hydrogens (tertiary/aromatic N) is 1. The third-order valence-electron chi connectivity index (χ3n) is 4.53. The highest BCUT2D eigenvalue weighted by Crippen LogP contribution is 2.29. The van der Waals surface area contributed by atoms with Gasteiger partial charge >= 0.3 is 0 Å². The van der Waals surface area contributed by atoms with Gasteiger partial charge in [-0.3, -0.25) is 0 Å². The van der Waals surface area contributed by atoms with Crippen LogP contribution in [-0.4, -0.2) is 19.1 Å². The molecule has 0 spiro atoms. The van der Waals surface area contributed by atoms with E-state index in [1.54, 1.807) is 0 Å². The highest BCUT2D eigenvalue weighted by molar-refractivity contribution is 5.54. The maximum Gasteiger partial charge on any atom is 0.0412 e. The van der Waals surface area contributed by atoms with E-state index in [0.717, 1.165) is 19.0 Å². The predicted octanol–water partition coefficient (Wildman–Crippen LogP) is 4.45. The van der Waals surface area contributed by atoms with E-state index in [0.29, 0.717) is 11.5 Å². The molecule has 2 rings (SSSR count). The lowest BCUT2D eigenvalue weighted by Crippen LogP contribution is -2.46. The number of para-hydroxylation sites is 1. The summed E-state index contributed by atoms with van der Waals surface area (Å²) in [5.41, 5.74) is 3.16. The van der Waals surface area contributed by atoms with E-state index in [2.05, 4.69) is 69.1 Å². The van der Waals surface area contributed by atoms with Gasteiger partial charge < -0.3 is 10.2 Å². The van der Waals surface area contributed by atoms with Gasteiger partial charge in [0, 0.05) is 31.4 Å². The number of benzene rings is 1. The topological polar surface area (TPSA) is 15.3 Å². The van der Waals surface area contributed by atoms with Gasteiger partial charge in [-0.15, -0.1) is 0 Å². The maximum atomic E-state index is 3.77. The molecule has 1 atom stereocenters. The number of nitrogens with one attached hydrogen (secondary N) is 1. The molecule has 1 aliphatic heterocycles. The molecule has 0 aromatic heterocycles. The van der Waals surface area contributed by atoms with E-state index in [1.807, 2.05) is 0 Å². The summed E-state index contributed by atoms with van der Waals surface area (Å²) in [5.74, 6) is 0.795. The van der Waals surface area contributed by atoms with Crippen molar-refractivity contribution in [3.63, 3.8) is 0 Å². The van der Waals surface area contributed by atoms with Gasteiger partial charge in [0.1, 0.15) is 0 Å². The van der Waals surface area contributed by atoms with Crippen LogP contribution in [0.15, 0.2) is 24.3 Å². The van der Waals surface area contributed by atoms with Crippen LogP contribution in [0, 0.1) is 11.3 Å². The Kier molecular flexibility index (Phi) is 5.32. The Morgan fingerprint density at radius 1 is 1.24 bits per heavy atom. The summed E-state index contributed by atoms with van der Waals surface area (Å²) in [4.78, 5) is 2.60. The summed E-state index contributed by atoms with van der Waals surface area (Å²) < 4.78 is 0. The molecule has 0 fully saturated rings. The van der Waals surface area contributed by atoms with Crippen LogP contribution < -0.4 is 10.2 Å². The largest absolute Gasteiger partial charge is 0.370 e. The molecule has 1 aliphatic rings. The van der Waals surface area contributed by atoms with Crippen LogP contribution in [-0.2, 0) is 6.54 Å². The lowest BCUT2D eigenvalue weighted by Gasteiger charge is -2.35. The van der Waals surface area contributed by atoms with Crippen molar-refractivity contribution in [2.45, 2.75) is 60.0 Å². The lowest BCUT2D eigenvalue weighted by atomic mass is 9.86. The van der Waals surface area contributed by atoms with Gasteiger partial charge in [0.25, 0.3) is 0 Å². The van der Waals surface area contributed by atoms with Gasteiger partial charge in [0.15, 0.2) is 0 Å². The minimum absolute atomic E-state index is 0.290. The molecule has 2 nitrogen and oxygen atoms in total. The Hall–Kier alpha value is -1.02. The molecule has 0 saturated carbocycles. The van der Waals surface area contributed by atoms with Crippen molar-refractivity contribution in [1.29, 1.82) is 0 Å². The number of fused-ring (bicyclic) bond motifs is 1. The highest BCUT2D eigenvalue weighted by atomic mass is 15.2. The summed E-state index contributed by atoms with van der Waals surface area (Å²) in [6.07, 6.45) is 2.59. The van der Waals surface area contributed by atoms with Gasteiger partial charge in [0.05, 0.1) is 0 Å². The van der Waals surface area contributed by atoms with Crippen molar-refractivity contribution in [2.75, 3.05) is 18.0 Å². The summed E-state index contributed by atoms with van der Waals surface area (Å²) in [6, 6.07) is 9.42. The lowest BCUT2D eigenvalue weighted by molar-refractivity contribution is 0.271. The molecule has 0 bridgehead atoms. The van der Waals surface area contributed by atoms with Crippen LogP contribution in [0.2, 0.25) is 0 Å². The Bertz CT molecular complexity index is 445. The molecular weight excluding hydrogens is 256 g/mol. The van der Waals surface area contributed by atoms with Crippen molar-refractivity contribution in [3.05, 3.63) is 29.8 Å². The van der Waals surface area contributed by atoms with E-state index >= 15 is 0 Å². The van der Waals surface area contributed by atoms with Crippen molar-refractivity contribution in [3.8, 4) is 0 Å². The molecule has 0 saturated heterocycles. The van der Waals surface area contributed by atoms with Crippen molar-refractivity contribution in [1.82, 2.24) is 5.32 Å². The van der Waals surface area contributed by atoms with E-state index in [-0.39, 0.29) is 0 Å². The SMILES string of the molecule is CC(C)CCCN1CC(C(C)(C)C)NCc2ccccc21. The third kappa shape index (κ3) is 4.47. The van der Waals surface area contributed by atoms with Crippen molar-refractivity contribution in [2.24, 2.45) is 11.3 Å². The zero-order chi connectivity index (χ0) is 15.5. The van der Waals surface area contributed by atoms with Gasteiger partial charge in [-0.25, -0.2) is 0 Å². The maximum absolute atomic E-state index is 3.77. The molecule has 1 aromatic rings. The van der Waals surface area contributed by atoms with Crippen LogP contribution >= 0.6 is 0 Å². The van der Waals surface area contributed by atoms with E-state index in [1.165, 1.54) is 30.6 Å². The fourth-order valence-electron chi connectivity index (χ4n) is 3.07. The molecular formula is C19H32N2. The van der Waals surface area contributed by atoms with Crippen LogP contribution in [0.1, 0.15) is 53.0 Å². The summed E-state index contributed by atoms with van der Waals surface area (Å²) in [7, 11) is 0. The molecule has 1 N–H and O–H groups in total. The molecule has 0 radical (unpaired) electrons. The quantitative estimate of drug-likeness (QED) is 0.880. The molecule has 1 unspecified atom stereocenters. The molecule has 21 heavy (non-hydrogen) atoms. The molecule has 1 aromatic carbocycles. The van der Waals surface area contributed by atoms with E-state index in [9.17, 15) is 0 Å². The minimum Gasteiger partial charge on any atom is -0.370 e. The van der Waals surface area contributed by atoms with Crippen molar-refractivity contribution >= 4 is 5.69 Å². The summed E-state index contributed by atoms with van der Waals surface area (Å²) >= 11 is 0. The first-order chi connectivity index (χ1) is 9.88. The van der Waals surface area contributed by atoms with Crippen molar-refractivity contribution < 1.29 is 0 Å². The second-order valence-electron chi connectivity index (χ2n) is 7.91. The third-order valence-corrected chi connectivity index (χ3v) is 4.53. The molecule has 118 valence electrons. The second kappa shape index (κ2) is 6.83. The Balaban J connectivity index is 2.15. The van der Waals surface area contributed by atoms with Crippen LogP contribution in [0.5, 0.6) is 0 Å². The smallest absolute Gasteiger partial charge is 0.0412 e. The molecule has 0 amide bonds. The Morgan fingerprint density at radius 2 is 1.95 bits per heavy atom. The van der Waals surface area contributed by atoms with Gasteiger partial charge in [-0.2, -0.15) is 0 Å². The standard InChI is InChI=1S/C19H32N2/c1-15(2)9-8-12-21-14-18(19(3,4)5)20-13-16-10-6-7-11-17(16)21/h6-7,10-11,15,18,20H,8-9,12-14H2,1-5H3. The van der Waals surface area contributed by atoms with E-state index < -0.39 is 0 Å². The van der Waals surface area contributed by atoms with Crippen LogP contribution in [0.3, 0.4) is 0 Å². The van der Waals surface area contributed by atoms with Crippen LogP contribution in [0.25, 0.3) is 0 Å². The highest BCUT2D eigenvalue weighted by Gasteiger charge is 2.29. The zero-order valence-electron chi connectivity index (χ0n) is 14.4. The van der Waals surface area contributed by atoms with Crippen LogP contribution in [0.4, 0.5) is 5.69 Å². The minimum atomic E-state index is 0.290. The number of rotatable bonds is 4. The monoisotopic (exact) mass is 288 g/mol. The molecule has 0 aliphatic carbocycles. The van der Waals surface area contributed by atoms with E-state index in [4.69, 9.17) is 0 Å². The second-order valence-corrected chi connectivity index (χ2v) is 7.91. The molecule has 2 heteroatoms. The zero-order valence-corrected chi connectivity index (χ0v) is 14.4. The van der Waals surface area contributed by atoms with Gasteiger partial charge in [0.2, 0.25) is 0 Å². The summed E-state index contributed by atoms with van der Waals surface area (Å²) in [5, 5.41) is 3.77. The number of hydrogen-bond donors (Lipinski definition) is 1. The Labute approximate surface area is 130 Å². The fraction of sp³-hybridized carbons (Fsp3) is 0.684. The first-order valence-electron chi connectivity index (χ1n) is 8.44. The number of anilines is 1. The van der Waals surface area contributed by atoms with Gasteiger partial charge in [-0.05, 0) is 35.8 Å². The molecule has 1 heterocycles. The average Bonchev–Trinajstić information content (AvgIpc) is 2.58. The predicted molar refractivity (Wildman–Crippen MR) is 92.8 cm³/mol. The normalized spacial score (nSPS) is 19.5. The first-order valence-corrected chi connectivity index (χ1v) is 8.44. The summed E-state index contributed by atoms with van der Waals surface area (Å²) in [6.45, 7) is 14.9.